The molecule has 0 aliphatic rings. The van der Waals surface area contributed by atoms with Gasteiger partial charge in [-0.1, -0.05) is 0 Å². The standard InChI is InChI=1S/H4N3OP/c1-5(2)3-4/h(H4-,1,2,3,4)/p+1. The highest BCUT2D eigenvalue weighted by atomic mass is 31.1. The minimum atomic E-state index is -1.42. The van der Waals surface area contributed by atoms with Crippen molar-refractivity contribution in [3.8, 4) is 0 Å². The van der Waals surface area contributed by atoms with Crippen LogP contribution in [0.2, 0.25) is 0 Å². The molecule has 4 nitrogen and oxygen atoms in total. The summed E-state index contributed by atoms with van der Waals surface area (Å²) in [5, 5.41) is 7.55. The largest absolute Gasteiger partial charge is 0.418 e. The molecule has 0 fully saturated rings. The maximum Gasteiger partial charge on any atom is 0.418 e. The monoisotopic (exact) mass is 94.0 g/mol. The highest BCUT2D eigenvalue weighted by Gasteiger charge is 1.84. The molecule has 0 atom stereocenters. The topological polar surface area (TPSA) is 84.6 Å². The number of nitrogens with two attached hydrogens (primary N) is 2. The van der Waals surface area contributed by atoms with Crippen LogP contribution >= 0.6 is 8.01 Å². The second kappa shape index (κ2) is 2.23. The van der Waals surface area contributed by atoms with E-state index in [2.05, 4.69) is 4.91 Å². The molecule has 0 unspecified atom stereocenters. The molecule has 0 heterocycles. The molecule has 0 aliphatic heterocycles. The van der Waals surface area contributed by atoms with Gasteiger partial charge in [0.15, 0.2) is 0 Å². The normalized spacial score (nSPS) is 7.00. The van der Waals surface area contributed by atoms with Gasteiger partial charge in [0.05, 0.1) is 4.91 Å². The lowest BCUT2D eigenvalue weighted by molar-refractivity contribution is 0.327. The quantitative estimate of drug-likeness (QED) is 0.286. The lowest BCUT2D eigenvalue weighted by Crippen LogP contribution is -1.86. The van der Waals surface area contributed by atoms with Gasteiger partial charge in [-0.3, -0.25) is 0 Å². The molecular weight excluding hydrogens is 89.0 g/mol. The number of rotatable bonds is 0. The fourth-order valence-electron chi connectivity index (χ4n) is 0. The number of hydrogen-bond donors (Lipinski definition) is 3. The van der Waals surface area contributed by atoms with E-state index in [1.807, 2.05) is 0 Å². The van der Waals surface area contributed by atoms with Crippen LogP contribution in [0.15, 0.2) is 4.91 Å². The van der Waals surface area contributed by atoms with Crippen LogP contribution in [0, 0.1) is 0 Å². The molecule has 0 rings (SSSR count). The first-order valence-corrected chi connectivity index (χ1v) is 2.35. The van der Waals surface area contributed by atoms with Crippen molar-refractivity contribution in [1.82, 2.24) is 0 Å². The molecule has 0 radical (unpaired) electrons. The Morgan fingerprint density at radius 2 is 1.80 bits per heavy atom. The summed E-state index contributed by atoms with van der Waals surface area (Å²) in [6.07, 6.45) is 0. The molecule has 0 saturated carbocycles. The zero-order chi connectivity index (χ0) is 4.28. The third-order valence-corrected chi connectivity index (χ3v) is 0.310. The first-order chi connectivity index (χ1) is 2.27. The van der Waals surface area contributed by atoms with Gasteiger partial charge in [-0.05, 0) is 0 Å². The van der Waals surface area contributed by atoms with Crippen molar-refractivity contribution in [2.75, 3.05) is 0 Å². The molecule has 5 N–H and O–H groups in total. The molecule has 0 spiro atoms. The summed E-state index contributed by atoms with van der Waals surface area (Å²) in [6.45, 7) is 0. The van der Waals surface area contributed by atoms with Crippen molar-refractivity contribution in [2.45, 2.75) is 0 Å². The van der Waals surface area contributed by atoms with E-state index in [-0.39, 0.29) is 0 Å². The maximum absolute atomic E-state index is 7.55. The fourth-order valence-corrected chi connectivity index (χ4v) is 0. The van der Waals surface area contributed by atoms with E-state index in [0.717, 1.165) is 0 Å². The van der Waals surface area contributed by atoms with E-state index in [0.29, 0.717) is 0 Å². The van der Waals surface area contributed by atoms with Crippen molar-refractivity contribution < 1.29 is 5.21 Å². The van der Waals surface area contributed by atoms with Crippen molar-refractivity contribution in [2.24, 2.45) is 15.9 Å². The van der Waals surface area contributed by atoms with Gasteiger partial charge in [-0.25, -0.2) is 5.21 Å². The summed E-state index contributed by atoms with van der Waals surface area (Å²) in [6, 6.07) is 0. The van der Waals surface area contributed by atoms with Crippen LogP contribution in [0.25, 0.3) is 0 Å². The number of hydrogen-bond acceptors (Lipinski definition) is 1. The minimum absolute atomic E-state index is 1.42. The van der Waals surface area contributed by atoms with Crippen molar-refractivity contribution in [3.05, 3.63) is 0 Å². The fraction of sp³-hybridized carbons (Fsp3) is 0. The average molecular weight is 94.0 g/mol. The van der Waals surface area contributed by atoms with Gasteiger partial charge in [-0.2, -0.15) is 0 Å². The molecule has 0 aromatic heterocycles. The lowest BCUT2D eigenvalue weighted by Gasteiger charge is -1.55. The summed E-state index contributed by atoms with van der Waals surface area (Å²) in [5.41, 5.74) is 9.44. The van der Waals surface area contributed by atoms with Gasteiger partial charge < -0.3 is 0 Å². The van der Waals surface area contributed by atoms with Gasteiger partial charge in [0.25, 0.3) is 0 Å². The van der Waals surface area contributed by atoms with E-state index >= 15 is 0 Å². The van der Waals surface area contributed by atoms with E-state index in [1.165, 1.54) is 0 Å². The molecule has 0 aromatic carbocycles. The van der Waals surface area contributed by atoms with Crippen LogP contribution in [0.1, 0.15) is 0 Å². The van der Waals surface area contributed by atoms with Gasteiger partial charge in [-0.15, -0.1) is 11.0 Å². The van der Waals surface area contributed by atoms with Crippen molar-refractivity contribution in [1.29, 1.82) is 0 Å². The molecule has 0 amide bonds. The molecule has 0 bridgehead atoms. The molecular formula is H5N3OP+. The van der Waals surface area contributed by atoms with Gasteiger partial charge in [0.2, 0.25) is 0 Å². The Labute approximate surface area is 30.3 Å². The van der Waals surface area contributed by atoms with Gasteiger partial charge in [0.1, 0.15) is 0 Å². The Hall–Kier alpha value is -0.0200. The third kappa shape index (κ3) is 3.98. The van der Waals surface area contributed by atoms with Crippen molar-refractivity contribution >= 4 is 8.01 Å². The van der Waals surface area contributed by atoms with Crippen LogP contribution in [-0.2, 0) is 0 Å². The molecule has 5 heavy (non-hydrogen) atoms. The zero-order valence-corrected chi connectivity index (χ0v) is 3.39. The summed E-state index contributed by atoms with van der Waals surface area (Å²) in [7, 11) is -1.42. The SMILES string of the molecule is N[P+](N)=NO. The Bertz CT molecular complexity index is 44.9. The Morgan fingerprint density at radius 3 is 1.80 bits per heavy atom. The van der Waals surface area contributed by atoms with Crippen LogP contribution in [-0.4, -0.2) is 5.21 Å². The minimum Gasteiger partial charge on any atom is -0.229 e. The van der Waals surface area contributed by atoms with Crippen LogP contribution in [0.5, 0.6) is 0 Å². The first kappa shape index (κ1) is 4.98. The number of nitrogens with zero attached hydrogens (tertiary/aromatic N) is 1. The molecule has 5 heteroatoms. The maximum atomic E-state index is 7.55. The zero-order valence-electron chi connectivity index (χ0n) is 2.50. The third-order valence-electron chi connectivity index (χ3n) is 0.103. The van der Waals surface area contributed by atoms with E-state index < -0.39 is 8.01 Å². The van der Waals surface area contributed by atoms with E-state index in [9.17, 15) is 0 Å². The average Bonchev–Trinajstić information content (AvgIpc) is 1.38. The van der Waals surface area contributed by atoms with E-state index in [4.69, 9.17) is 16.2 Å². The highest BCUT2D eigenvalue weighted by Crippen LogP contribution is 1.93. The van der Waals surface area contributed by atoms with Gasteiger partial charge in [0, 0.05) is 0 Å². The molecule has 0 saturated heterocycles. The smallest absolute Gasteiger partial charge is 0.229 e. The van der Waals surface area contributed by atoms with Crippen LogP contribution in [0.3, 0.4) is 0 Å². The highest BCUT2D eigenvalue weighted by molar-refractivity contribution is 7.41. The predicted octanol–water partition coefficient (Wildman–Crippen LogP) is -0.211. The van der Waals surface area contributed by atoms with Crippen LogP contribution in [0.4, 0.5) is 0 Å². The molecule has 30 valence electrons. The Morgan fingerprint density at radius 1 is 1.60 bits per heavy atom. The second-order valence-electron chi connectivity index (χ2n) is 0.469. The van der Waals surface area contributed by atoms with Gasteiger partial charge >= 0.3 is 8.01 Å². The Kier molecular flexibility index (Phi) is 2.22. The van der Waals surface area contributed by atoms with Crippen LogP contribution < -0.4 is 11.0 Å². The molecule has 0 aliphatic carbocycles. The Balaban J connectivity index is 3.14. The van der Waals surface area contributed by atoms with Crippen molar-refractivity contribution in [3.63, 3.8) is 0 Å². The summed E-state index contributed by atoms with van der Waals surface area (Å²) in [5.74, 6) is 0. The first-order valence-electron chi connectivity index (χ1n) is 0.916. The predicted molar refractivity (Wildman–Crippen MR) is 19.5 cm³/mol. The summed E-state index contributed by atoms with van der Waals surface area (Å²) in [4.78, 5) is 2.51. The molecule has 0 aromatic rings. The van der Waals surface area contributed by atoms with E-state index in [1.54, 1.807) is 0 Å². The lowest BCUT2D eigenvalue weighted by atomic mass is 13.6. The summed E-state index contributed by atoms with van der Waals surface area (Å²) < 4.78 is 0. The second-order valence-corrected chi connectivity index (χ2v) is 1.41. The summed E-state index contributed by atoms with van der Waals surface area (Å²) >= 11 is 0.